The molecule has 5 nitrogen and oxygen atoms in total. The van der Waals surface area contributed by atoms with Crippen LogP contribution in [-0.2, 0) is 6.54 Å². The van der Waals surface area contributed by atoms with Crippen LogP contribution >= 0.6 is 24.0 Å². The van der Waals surface area contributed by atoms with E-state index in [1.54, 1.807) is 29.4 Å². The lowest BCUT2D eigenvalue weighted by molar-refractivity contribution is 0.573. The highest BCUT2D eigenvalue weighted by atomic mass is 127. The molecule has 138 valence electrons. The van der Waals surface area contributed by atoms with Gasteiger partial charge in [-0.05, 0) is 37.0 Å². The van der Waals surface area contributed by atoms with Crippen molar-refractivity contribution in [2.75, 3.05) is 13.1 Å². The van der Waals surface area contributed by atoms with Crippen LogP contribution in [-0.4, -0.2) is 28.6 Å². The second-order valence-electron chi connectivity index (χ2n) is 6.06. The van der Waals surface area contributed by atoms with Crippen molar-refractivity contribution in [2.24, 2.45) is 10.9 Å². The minimum absolute atomic E-state index is 0. The average Bonchev–Trinajstić information content (AvgIpc) is 3.06. The first-order valence-electron chi connectivity index (χ1n) is 8.39. The maximum absolute atomic E-state index is 14.2. The summed E-state index contributed by atoms with van der Waals surface area (Å²) in [5.74, 6) is 1.13. The van der Waals surface area contributed by atoms with E-state index in [-0.39, 0.29) is 29.8 Å². The summed E-state index contributed by atoms with van der Waals surface area (Å²) in [6, 6.07) is 5.16. The molecule has 0 radical (unpaired) electrons. The third kappa shape index (κ3) is 7.01. The van der Waals surface area contributed by atoms with Crippen LogP contribution in [0.5, 0.6) is 0 Å². The number of aromatic nitrogens is 2. The fourth-order valence-electron chi connectivity index (χ4n) is 2.25. The van der Waals surface area contributed by atoms with E-state index in [1.807, 2.05) is 13.0 Å². The van der Waals surface area contributed by atoms with Gasteiger partial charge < -0.3 is 15.2 Å². The zero-order valence-corrected chi connectivity index (χ0v) is 17.3. The molecular weight excluding hydrogens is 432 g/mol. The quantitative estimate of drug-likeness (QED) is 0.377. The third-order valence-corrected chi connectivity index (χ3v) is 3.57. The monoisotopic (exact) mass is 459 g/mol. The number of hydrogen-bond donors (Lipinski definition) is 2. The highest BCUT2D eigenvalue weighted by molar-refractivity contribution is 14.0. The van der Waals surface area contributed by atoms with E-state index < -0.39 is 0 Å². The molecule has 25 heavy (non-hydrogen) atoms. The van der Waals surface area contributed by atoms with Crippen molar-refractivity contribution in [1.82, 2.24) is 20.2 Å². The van der Waals surface area contributed by atoms with Crippen LogP contribution in [0.25, 0.3) is 5.69 Å². The Bertz CT molecular complexity index is 655. The molecule has 2 aromatic rings. The maximum atomic E-state index is 14.2. The predicted octanol–water partition coefficient (Wildman–Crippen LogP) is 3.73. The summed E-state index contributed by atoms with van der Waals surface area (Å²) in [5, 5.41) is 6.51. The normalized spacial score (nSPS) is 11.3. The van der Waals surface area contributed by atoms with Gasteiger partial charge in [0.2, 0.25) is 0 Å². The lowest BCUT2D eigenvalue weighted by atomic mass is 10.1. The lowest BCUT2D eigenvalue weighted by Gasteiger charge is -2.12. The number of halogens is 2. The Morgan fingerprint density at radius 3 is 2.72 bits per heavy atom. The maximum Gasteiger partial charge on any atom is 0.191 e. The van der Waals surface area contributed by atoms with E-state index in [0.29, 0.717) is 18.2 Å². The molecule has 2 N–H and O–H groups in total. The first-order chi connectivity index (χ1) is 11.6. The Hall–Kier alpha value is -1.64. The Morgan fingerprint density at radius 1 is 1.32 bits per heavy atom. The first kappa shape index (κ1) is 21.4. The number of benzene rings is 1. The molecule has 0 unspecified atom stereocenters. The summed E-state index contributed by atoms with van der Waals surface area (Å²) in [7, 11) is 0. The summed E-state index contributed by atoms with van der Waals surface area (Å²) in [6.07, 6.45) is 6.01. The molecule has 1 aromatic heterocycles. The third-order valence-electron chi connectivity index (χ3n) is 3.57. The van der Waals surface area contributed by atoms with Gasteiger partial charge in [-0.1, -0.05) is 19.9 Å². The molecule has 0 amide bonds. The molecule has 0 bridgehead atoms. The van der Waals surface area contributed by atoms with Gasteiger partial charge in [-0.3, -0.25) is 0 Å². The highest BCUT2D eigenvalue weighted by Crippen LogP contribution is 2.15. The predicted molar refractivity (Wildman–Crippen MR) is 111 cm³/mol. The molecule has 0 saturated carbocycles. The van der Waals surface area contributed by atoms with Crippen molar-refractivity contribution in [2.45, 2.75) is 33.7 Å². The van der Waals surface area contributed by atoms with Gasteiger partial charge in [-0.25, -0.2) is 14.4 Å². The zero-order valence-electron chi connectivity index (χ0n) is 15.0. The smallest absolute Gasteiger partial charge is 0.191 e. The number of aliphatic imine (C=N–C) groups is 1. The van der Waals surface area contributed by atoms with Gasteiger partial charge in [0.25, 0.3) is 0 Å². The Morgan fingerprint density at radius 2 is 2.12 bits per heavy atom. The molecule has 0 atom stereocenters. The van der Waals surface area contributed by atoms with Crippen LogP contribution < -0.4 is 10.6 Å². The second-order valence-corrected chi connectivity index (χ2v) is 6.06. The minimum atomic E-state index is -0.279. The summed E-state index contributed by atoms with van der Waals surface area (Å²) < 4.78 is 15.9. The van der Waals surface area contributed by atoms with Gasteiger partial charge in [-0.2, -0.15) is 0 Å². The van der Waals surface area contributed by atoms with Crippen LogP contribution in [0, 0.1) is 11.7 Å². The van der Waals surface area contributed by atoms with Crippen molar-refractivity contribution in [3.8, 4) is 5.69 Å². The fraction of sp³-hybridized carbons (Fsp3) is 0.444. The molecule has 0 aliphatic rings. The lowest BCUT2D eigenvalue weighted by Crippen LogP contribution is -2.38. The van der Waals surface area contributed by atoms with E-state index >= 15 is 0 Å². The van der Waals surface area contributed by atoms with Gasteiger partial charge in [0.15, 0.2) is 5.96 Å². The summed E-state index contributed by atoms with van der Waals surface area (Å²) in [4.78, 5) is 8.46. The average molecular weight is 459 g/mol. The summed E-state index contributed by atoms with van der Waals surface area (Å²) in [6.45, 7) is 8.50. The van der Waals surface area contributed by atoms with Crippen molar-refractivity contribution >= 4 is 29.9 Å². The Balaban J connectivity index is 0.00000312. The van der Waals surface area contributed by atoms with E-state index in [4.69, 9.17) is 0 Å². The molecule has 1 aromatic carbocycles. The molecule has 7 heteroatoms. The molecule has 0 spiro atoms. The van der Waals surface area contributed by atoms with Gasteiger partial charge >= 0.3 is 0 Å². The fourth-order valence-corrected chi connectivity index (χ4v) is 2.25. The van der Waals surface area contributed by atoms with E-state index in [0.717, 1.165) is 31.0 Å². The molecule has 1 heterocycles. The van der Waals surface area contributed by atoms with Crippen molar-refractivity contribution in [1.29, 1.82) is 0 Å². The zero-order chi connectivity index (χ0) is 17.4. The minimum Gasteiger partial charge on any atom is -0.357 e. The van der Waals surface area contributed by atoms with Crippen molar-refractivity contribution in [3.63, 3.8) is 0 Å². The van der Waals surface area contributed by atoms with E-state index in [1.165, 1.54) is 6.07 Å². The standard InChI is InChI=1S/C18H26FN5.HI/c1-4-21-18(22-8-7-14(2)3)23-12-15-5-6-17(16(19)11-15)24-10-9-20-13-24;/h5-6,9-11,13-14H,4,7-8,12H2,1-3H3,(H2,21,22,23);1H. The van der Waals surface area contributed by atoms with Gasteiger partial charge in [0.05, 0.1) is 18.6 Å². The van der Waals surface area contributed by atoms with Crippen LogP contribution in [0.3, 0.4) is 0 Å². The number of nitrogens with one attached hydrogen (secondary N) is 2. The van der Waals surface area contributed by atoms with Gasteiger partial charge in [0, 0.05) is 25.5 Å². The first-order valence-corrected chi connectivity index (χ1v) is 8.39. The molecule has 0 saturated heterocycles. The Kier molecular flexibility index (Phi) is 9.48. The second kappa shape index (κ2) is 11.1. The molecule has 2 rings (SSSR count). The molecular formula is C18H27FIN5. The van der Waals surface area contributed by atoms with Crippen LogP contribution in [0.15, 0.2) is 41.9 Å². The molecule has 0 fully saturated rings. The number of hydrogen-bond acceptors (Lipinski definition) is 2. The summed E-state index contributed by atoms with van der Waals surface area (Å²) in [5.41, 5.74) is 1.32. The number of imidazole rings is 1. The summed E-state index contributed by atoms with van der Waals surface area (Å²) >= 11 is 0. The molecule has 0 aliphatic carbocycles. The number of nitrogens with zero attached hydrogens (tertiary/aromatic N) is 3. The van der Waals surface area contributed by atoms with Gasteiger partial charge in [-0.15, -0.1) is 24.0 Å². The van der Waals surface area contributed by atoms with Gasteiger partial charge in [0.1, 0.15) is 5.82 Å². The van der Waals surface area contributed by atoms with Crippen LogP contribution in [0.2, 0.25) is 0 Å². The largest absolute Gasteiger partial charge is 0.357 e. The van der Waals surface area contributed by atoms with Crippen LogP contribution in [0.4, 0.5) is 4.39 Å². The number of rotatable bonds is 7. The molecule has 0 aliphatic heterocycles. The topological polar surface area (TPSA) is 54.2 Å². The van der Waals surface area contributed by atoms with Crippen LogP contribution in [0.1, 0.15) is 32.8 Å². The van der Waals surface area contributed by atoms with Crippen molar-refractivity contribution < 1.29 is 4.39 Å². The number of guanidine groups is 1. The highest BCUT2D eigenvalue weighted by Gasteiger charge is 2.05. The van der Waals surface area contributed by atoms with E-state index in [9.17, 15) is 4.39 Å². The SMILES string of the molecule is CCNC(=NCc1ccc(-n2ccnc2)c(F)c1)NCCC(C)C.I. The van der Waals surface area contributed by atoms with E-state index in [2.05, 4.69) is 34.5 Å². The Labute approximate surface area is 166 Å². The van der Waals surface area contributed by atoms with Crippen molar-refractivity contribution in [3.05, 3.63) is 48.3 Å².